The molecule has 4 N–H and O–H groups in total. The second kappa shape index (κ2) is 8.84. The number of hydrogen-bond acceptors (Lipinski definition) is 6. The number of aliphatic carboxylic acids is 1. The number of unbranched alkanes of at least 4 members (excludes halogenated alkanes) is 1. The van der Waals surface area contributed by atoms with Crippen molar-refractivity contribution in [3.63, 3.8) is 0 Å². The Balaban J connectivity index is 2.18. The van der Waals surface area contributed by atoms with Crippen molar-refractivity contribution >= 4 is 22.4 Å². The van der Waals surface area contributed by atoms with Gasteiger partial charge in [0, 0.05) is 25.1 Å². The van der Waals surface area contributed by atoms with Gasteiger partial charge in [0.25, 0.3) is 0 Å². The van der Waals surface area contributed by atoms with Gasteiger partial charge in [-0.3, -0.25) is 4.79 Å². The fraction of sp³-hybridized carbons (Fsp3) is 0.667. The number of carboxylic acid groups (broad SMARTS) is 1. The van der Waals surface area contributed by atoms with Gasteiger partial charge in [0.2, 0.25) is 0 Å². The molecular weight excluding hydrogens is 266 g/mol. The number of nitrogens with zero attached hydrogens (tertiary/aromatic N) is 1. The number of hydrogen-bond donors (Lipinski definition) is 3. The molecule has 19 heavy (non-hydrogen) atoms. The summed E-state index contributed by atoms with van der Waals surface area (Å²) in [5.41, 5.74) is 5.86. The van der Waals surface area contributed by atoms with E-state index in [-0.39, 0.29) is 0 Å². The summed E-state index contributed by atoms with van der Waals surface area (Å²) in [6, 6.07) is -1.05. The molecule has 0 aliphatic rings. The molecule has 0 aliphatic carbocycles. The average molecular weight is 287 g/mol. The second-order valence-electron chi connectivity index (χ2n) is 4.14. The first-order valence-electron chi connectivity index (χ1n) is 6.40. The van der Waals surface area contributed by atoms with Gasteiger partial charge in [-0.1, -0.05) is 13.3 Å². The molecule has 1 rings (SSSR count). The van der Waals surface area contributed by atoms with Gasteiger partial charge in [-0.15, -0.1) is 11.3 Å². The summed E-state index contributed by atoms with van der Waals surface area (Å²) in [7, 11) is 0. The molecular formula is C12H21N3O3S. The third kappa shape index (κ3) is 6.00. The van der Waals surface area contributed by atoms with Crippen molar-refractivity contribution in [3.05, 3.63) is 11.1 Å². The first kappa shape index (κ1) is 15.9. The van der Waals surface area contributed by atoms with Crippen molar-refractivity contribution in [2.45, 2.75) is 32.2 Å². The van der Waals surface area contributed by atoms with Crippen molar-refractivity contribution in [1.29, 1.82) is 0 Å². The summed E-state index contributed by atoms with van der Waals surface area (Å²) >= 11 is 1.36. The van der Waals surface area contributed by atoms with Gasteiger partial charge in [-0.05, 0) is 12.8 Å². The largest absolute Gasteiger partial charge is 0.480 e. The molecule has 0 aliphatic heterocycles. The Hall–Kier alpha value is -1.18. The molecule has 1 heterocycles. The Morgan fingerprint density at radius 3 is 3.00 bits per heavy atom. The predicted molar refractivity (Wildman–Crippen MR) is 75.5 cm³/mol. The van der Waals surface area contributed by atoms with E-state index in [9.17, 15) is 4.79 Å². The van der Waals surface area contributed by atoms with E-state index in [0.29, 0.717) is 10.8 Å². The van der Waals surface area contributed by atoms with E-state index < -0.39 is 12.0 Å². The fourth-order valence-corrected chi connectivity index (χ4v) is 2.13. The number of carboxylic acids is 1. The zero-order chi connectivity index (χ0) is 14.1. The third-order valence-electron chi connectivity index (χ3n) is 2.49. The molecule has 7 heteroatoms. The van der Waals surface area contributed by atoms with Crippen LogP contribution in [0.5, 0.6) is 0 Å². The lowest BCUT2D eigenvalue weighted by molar-refractivity contribution is -0.138. The van der Waals surface area contributed by atoms with Gasteiger partial charge in [0.15, 0.2) is 5.13 Å². The fourth-order valence-electron chi connectivity index (χ4n) is 1.35. The smallest absolute Gasteiger partial charge is 0.326 e. The van der Waals surface area contributed by atoms with Gasteiger partial charge >= 0.3 is 5.97 Å². The summed E-state index contributed by atoms with van der Waals surface area (Å²) in [6.45, 7) is 4.42. The molecule has 0 aromatic carbocycles. The maximum absolute atomic E-state index is 10.7. The number of nitrogens with two attached hydrogens (primary N) is 1. The highest BCUT2D eigenvalue weighted by Gasteiger charge is 2.17. The number of rotatable bonds is 10. The lowest BCUT2D eigenvalue weighted by Crippen LogP contribution is -2.21. The molecule has 1 unspecified atom stereocenters. The highest BCUT2D eigenvalue weighted by molar-refractivity contribution is 7.13. The second-order valence-corrected chi connectivity index (χ2v) is 5.00. The van der Waals surface area contributed by atoms with Gasteiger partial charge < -0.3 is 20.9 Å². The number of carbonyl (C=O) groups is 1. The SMILES string of the molecule is CCCCOCCCNc1nc(C(N)C(=O)O)cs1. The Labute approximate surface area is 117 Å². The average Bonchev–Trinajstić information content (AvgIpc) is 2.85. The number of nitrogens with one attached hydrogen (secondary N) is 1. The standard InChI is InChI=1S/C12H21N3O3S/c1-2-3-6-18-7-4-5-14-12-15-9(8-19-12)10(13)11(16)17/h8,10H,2-7,13H2,1H3,(H,14,15)(H,16,17). The summed E-state index contributed by atoms with van der Waals surface area (Å²) in [4.78, 5) is 14.8. The molecule has 0 spiro atoms. The summed E-state index contributed by atoms with van der Waals surface area (Å²) in [5.74, 6) is -1.07. The first-order chi connectivity index (χ1) is 9.15. The maximum atomic E-state index is 10.7. The zero-order valence-corrected chi connectivity index (χ0v) is 11.9. The van der Waals surface area contributed by atoms with E-state index >= 15 is 0 Å². The van der Waals surface area contributed by atoms with Crippen LogP contribution in [0, 0.1) is 0 Å². The van der Waals surface area contributed by atoms with Crippen LogP contribution in [0.25, 0.3) is 0 Å². The zero-order valence-electron chi connectivity index (χ0n) is 11.1. The minimum atomic E-state index is -1.07. The van der Waals surface area contributed by atoms with Crippen LogP contribution in [0.15, 0.2) is 5.38 Å². The van der Waals surface area contributed by atoms with Crippen molar-refractivity contribution in [1.82, 2.24) is 4.98 Å². The Bertz CT molecular complexity index is 384. The molecule has 0 radical (unpaired) electrons. The number of thiazole rings is 1. The van der Waals surface area contributed by atoms with Crippen LogP contribution < -0.4 is 11.1 Å². The Morgan fingerprint density at radius 2 is 2.32 bits per heavy atom. The van der Waals surface area contributed by atoms with Gasteiger partial charge in [0.1, 0.15) is 6.04 Å². The van der Waals surface area contributed by atoms with Crippen LogP contribution in [0.2, 0.25) is 0 Å². The van der Waals surface area contributed by atoms with E-state index in [0.717, 1.165) is 39.0 Å². The molecule has 108 valence electrons. The minimum Gasteiger partial charge on any atom is -0.480 e. The third-order valence-corrected chi connectivity index (χ3v) is 3.31. The molecule has 0 fully saturated rings. The molecule has 1 atom stereocenters. The van der Waals surface area contributed by atoms with E-state index in [2.05, 4.69) is 17.2 Å². The lowest BCUT2D eigenvalue weighted by atomic mass is 10.2. The highest BCUT2D eigenvalue weighted by Crippen LogP contribution is 2.19. The van der Waals surface area contributed by atoms with Crippen molar-refractivity contribution in [2.24, 2.45) is 5.73 Å². The topological polar surface area (TPSA) is 97.5 Å². The van der Waals surface area contributed by atoms with Crippen LogP contribution in [0.4, 0.5) is 5.13 Å². The van der Waals surface area contributed by atoms with E-state index in [1.54, 1.807) is 5.38 Å². The Morgan fingerprint density at radius 1 is 1.58 bits per heavy atom. The molecule has 6 nitrogen and oxygen atoms in total. The first-order valence-corrected chi connectivity index (χ1v) is 7.28. The number of ether oxygens (including phenoxy) is 1. The number of anilines is 1. The molecule has 0 amide bonds. The molecule has 0 saturated carbocycles. The maximum Gasteiger partial charge on any atom is 0.326 e. The summed E-state index contributed by atoms with van der Waals surface area (Å²) in [6.07, 6.45) is 3.13. The van der Waals surface area contributed by atoms with Crippen LogP contribution in [0.3, 0.4) is 0 Å². The minimum absolute atomic E-state index is 0.388. The predicted octanol–water partition coefficient (Wildman–Crippen LogP) is 1.85. The lowest BCUT2D eigenvalue weighted by Gasteiger charge is -2.04. The van der Waals surface area contributed by atoms with Gasteiger partial charge in [0.05, 0.1) is 5.69 Å². The van der Waals surface area contributed by atoms with Crippen molar-refractivity contribution in [2.75, 3.05) is 25.1 Å². The molecule has 0 saturated heterocycles. The van der Waals surface area contributed by atoms with Crippen LogP contribution in [-0.4, -0.2) is 35.8 Å². The normalized spacial score (nSPS) is 12.3. The van der Waals surface area contributed by atoms with E-state index in [1.807, 2.05) is 0 Å². The summed E-state index contributed by atoms with van der Waals surface area (Å²) in [5, 5.41) is 14.3. The quantitative estimate of drug-likeness (QED) is 0.568. The Kier molecular flexibility index (Phi) is 7.39. The van der Waals surface area contributed by atoms with Crippen LogP contribution >= 0.6 is 11.3 Å². The molecule has 1 aromatic rings. The van der Waals surface area contributed by atoms with E-state index in [1.165, 1.54) is 11.3 Å². The highest BCUT2D eigenvalue weighted by atomic mass is 32.1. The molecule has 0 bridgehead atoms. The summed E-state index contributed by atoms with van der Waals surface area (Å²) < 4.78 is 5.43. The van der Waals surface area contributed by atoms with Crippen molar-refractivity contribution in [3.8, 4) is 0 Å². The monoisotopic (exact) mass is 287 g/mol. The number of aromatic nitrogens is 1. The van der Waals surface area contributed by atoms with Crippen molar-refractivity contribution < 1.29 is 14.6 Å². The van der Waals surface area contributed by atoms with Crippen LogP contribution in [-0.2, 0) is 9.53 Å². The molecule has 1 aromatic heterocycles. The van der Waals surface area contributed by atoms with E-state index in [4.69, 9.17) is 15.6 Å². The van der Waals surface area contributed by atoms with Gasteiger partial charge in [-0.2, -0.15) is 0 Å². The van der Waals surface area contributed by atoms with Crippen LogP contribution in [0.1, 0.15) is 37.9 Å². The van der Waals surface area contributed by atoms with Gasteiger partial charge in [-0.25, -0.2) is 4.98 Å².